The van der Waals surface area contributed by atoms with Crippen molar-refractivity contribution in [2.24, 2.45) is 5.92 Å². The van der Waals surface area contributed by atoms with Gasteiger partial charge in [0.2, 0.25) is 5.82 Å². The first-order valence-corrected chi connectivity index (χ1v) is 11.5. The van der Waals surface area contributed by atoms with Crippen molar-refractivity contribution in [2.45, 2.75) is 59.5 Å². The molecule has 7 heteroatoms. The molecular weight excluding hydrogens is 412 g/mol. The number of benzene rings is 2. The molecule has 0 aliphatic heterocycles. The first-order valence-electron chi connectivity index (χ1n) is 11.5. The highest BCUT2D eigenvalue weighted by Gasteiger charge is 2.23. The van der Waals surface area contributed by atoms with E-state index in [1.807, 2.05) is 33.5 Å². The molecule has 0 bridgehead atoms. The normalized spacial score (nSPS) is 11.9. The van der Waals surface area contributed by atoms with Gasteiger partial charge in [-0.2, -0.15) is 5.21 Å². The number of nitrogens with zero attached hydrogens (tertiary/aromatic N) is 5. The predicted octanol–water partition coefficient (Wildman–Crippen LogP) is 4.89. The number of hydrogen-bond donors (Lipinski definition) is 1. The van der Waals surface area contributed by atoms with E-state index in [0.29, 0.717) is 18.3 Å². The molecular formula is C26H32N6O. The van der Waals surface area contributed by atoms with Crippen LogP contribution in [-0.2, 0) is 18.5 Å². The lowest BCUT2D eigenvalue weighted by Gasteiger charge is -2.20. The number of hydrogen-bond acceptors (Lipinski definition) is 4. The Morgan fingerprint density at radius 1 is 1.00 bits per heavy atom. The monoisotopic (exact) mass is 444 g/mol. The molecule has 0 unspecified atom stereocenters. The second-order valence-electron chi connectivity index (χ2n) is 9.99. The average Bonchev–Trinajstić information content (AvgIpc) is 3.42. The largest absolute Gasteiger partial charge is 0.328 e. The number of aromatic amines is 1. The zero-order valence-electron chi connectivity index (χ0n) is 20.0. The Balaban J connectivity index is 1.64. The number of tetrazole rings is 1. The molecule has 33 heavy (non-hydrogen) atoms. The standard InChI is InChI=1S/C26H32N6O/c1-18(2)14-15-31-17-23(26(3,4)5)32(25(31)33)16-19-10-12-20(13-11-19)21-8-6-7-9-22(21)24-27-29-30-28-24/h6-13,17-18H,14-16H2,1-5H3,(H,27,28,29,30). The first-order chi connectivity index (χ1) is 15.7. The van der Waals surface area contributed by atoms with Crippen molar-refractivity contribution < 1.29 is 0 Å². The summed E-state index contributed by atoms with van der Waals surface area (Å²) in [5.74, 6) is 1.12. The van der Waals surface area contributed by atoms with E-state index >= 15 is 0 Å². The molecule has 0 aliphatic rings. The second-order valence-corrected chi connectivity index (χ2v) is 9.99. The first kappa shape index (κ1) is 22.7. The number of imidazole rings is 1. The number of aryl methyl sites for hydroxylation is 1. The fraction of sp³-hybridized carbons (Fsp3) is 0.385. The van der Waals surface area contributed by atoms with Gasteiger partial charge in [0.15, 0.2) is 0 Å². The van der Waals surface area contributed by atoms with Crippen molar-refractivity contribution >= 4 is 0 Å². The van der Waals surface area contributed by atoms with Gasteiger partial charge in [-0.3, -0.25) is 9.13 Å². The summed E-state index contributed by atoms with van der Waals surface area (Å²) in [5.41, 5.74) is 5.12. The minimum absolute atomic E-state index is 0.0621. The molecule has 0 aliphatic carbocycles. The van der Waals surface area contributed by atoms with Crippen molar-refractivity contribution in [2.75, 3.05) is 0 Å². The van der Waals surface area contributed by atoms with Gasteiger partial charge in [0, 0.05) is 29.4 Å². The minimum atomic E-state index is -0.119. The van der Waals surface area contributed by atoms with Gasteiger partial charge in [-0.1, -0.05) is 83.1 Å². The van der Waals surface area contributed by atoms with E-state index in [9.17, 15) is 4.79 Å². The van der Waals surface area contributed by atoms with Crippen molar-refractivity contribution in [1.82, 2.24) is 29.8 Å². The molecule has 0 radical (unpaired) electrons. The average molecular weight is 445 g/mol. The Labute approximate surface area is 194 Å². The van der Waals surface area contributed by atoms with Crippen LogP contribution in [0.5, 0.6) is 0 Å². The summed E-state index contributed by atoms with van der Waals surface area (Å²) in [4.78, 5) is 13.2. The summed E-state index contributed by atoms with van der Waals surface area (Å²) in [6, 6.07) is 16.4. The topological polar surface area (TPSA) is 81.4 Å². The Bertz CT molecular complexity index is 1260. The molecule has 1 N–H and O–H groups in total. The zero-order valence-corrected chi connectivity index (χ0v) is 20.0. The molecule has 4 rings (SSSR count). The second kappa shape index (κ2) is 9.17. The lowest BCUT2D eigenvalue weighted by atomic mass is 9.92. The maximum absolute atomic E-state index is 13.2. The maximum Gasteiger partial charge on any atom is 0.328 e. The number of aromatic nitrogens is 6. The fourth-order valence-electron chi connectivity index (χ4n) is 4.02. The minimum Gasteiger partial charge on any atom is -0.299 e. The number of nitrogens with one attached hydrogen (secondary N) is 1. The summed E-state index contributed by atoms with van der Waals surface area (Å²) < 4.78 is 3.79. The molecule has 172 valence electrons. The van der Waals surface area contributed by atoms with Gasteiger partial charge in [-0.05, 0) is 34.2 Å². The van der Waals surface area contributed by atoms with E-state index in [1.165, 1.54) is 0 Å². The Morgan fingerprint density at radius 2 is 1.70 bits per heavy atom. The summed E-state index contributed by atoms with van der Waals surface area (Å²) in [5, 5.41) is 14.5. The van der Waals surface area contributed by atoms with Crippen LogP contribution < -0.4 is 5.69 Å². The highest BCUT2D eigenvalue weighted by atomic mass is 16.1. The molecule has 0 saturated carbocycles. The summed E-state index contributed by atoms with van der Waals surface area (Å²) in [7, 11) is 0. The molecule has 0 fully saturated rings. The van der Waals surface area contributed by atoms with E-state index in [1.54, 1.807) is 0 Å². The van der Waals surface area contributed by atoms with Crippen molar-refractivity contribution in [3.63, 3.8) is 0 Å². The number of H-pyrrole nitrogens is 1. The van der Waals surface area contributed by atoms with Crippen LogP contribution in [0.15, 0.2) is 59.5 Å². The van der Waals surface area contributed by atoms with Gasteiger partial charge in [-0.25, -0.2) is 4.79 Å². The SMILES string of the molecule is CC(C)CCn1cc(C(C)(C)C)n(Cc2ccc(-c3ccccc3-c3nn[nH]n3)cc2)c1=O. The quantitative estimate of drug-likeness (QED) is 0.440. The van der Waals surface area contributed by atoms with Crippen LogP contribution in [0.25, 0.3) is 22.5 Å². The Hall–Kier alpha value is -3.48. The zero-order chi connectivity index (χ0) is 23.6. The highest BCUT2D eigenvalue weighted by Crippen LogP contribution is 2.30. The van der Waals surface area contributed by atoms with Crippen LogP contribution in [0.4, 0.5) is 0 Å². The highest BCUT2D eigenvalue weighted by molar-refractivity contribution is 5.80. The van der Waals surface area contributed by atoms with E-state index in [2.05, 4.69) is 85.6 Å². The van der Waals surface area contributed by atoms with Crippen LogP contribution in [0.1, 0.15) is 52.3 Å². The van der Waals surface area contributed by atoms with Crippen LogP contribution in [-0.4, -0.2) is 29.8 Å². The van der Waals surface area contributed by atoms with Crippen LogP contribution in [0.2, 0.25) is 0 Å². The van der Waals surface area contributed by atoms with Gasteiger partial charge in [0.1, 0.15) is 0 Å². The molecule has 0 spiro atoms. The van der Waals surface area contributed by atoms with Gasteiger partial charge in [0.25, 0.3) is 0 Å². The third kappa shape index (κ3) is 4.97. The van der Waals surface area contributed by atoms with E-state index in [0.717, 1.165) is 40.9 Å². The van der Waals surface area contributed by atoms with Gasteiger partial charge in [-0.15, -0.1) is 10.2 Å². The molecule has 2 heterocycles. The maximum atomic E-state index is 13.2. The molecule has 2 aromatic carbocycles. The molecule has 0 saturated heterocycles. The van der Waals surface area contributed by atoms with Gasteiger partial charge in [0.05, 0.1) is 6.54 Å². The van der Waals surface area contributed by atoms with Gasteiger partial charge >= 0.3 is 5.69 Å². The van der Waals surface area contributed by atoms with E-state index < -0.39 is 0 Å². The Morgan fingerprint density at radius 3 is 2.30 bits per heavy atom. The third-order valence-corrected chi connectivity index (χ3v) is 5.88. The molecule has 0 amide bonds. The van der Waals surface area contributed by atoms with Crippen LogP contribution in [0.3, 0.4) is 0 Å². The molecule has 2 aromatic heterocycles. The molecule has 7 nitrogen and oxygen atoms in total. The smallest absolute Gasteiger partial charge is 0.299 e. The van der Waals surface area contributed by atoms with Crippen molar-refractivity contribution in [1.29, 1.82) is 0 Å². The third-order valence-electron chi connectivity index (χ3n) is 5.88. The van der Waals surface area contributed by atoms with Crippen LogP contribution in [0, 0.1) is 5.92 Å². The van der Waals surface area contributed by atoms with Crippen molar-refractivity contribution in [3.05, 3.63) is 76.5 Å². The van der Waals surface area contributed by atoms with Gasteiger partial charge < -0.3 is 0 Å². The lowest BCUT2D eigenvalue weighted by molar-refractivity contribution is 0.501. The van der Waals surface area contributed by atoms with E-state index in [-0.39, 0.29) is 11.1 Å². The summed E-state index contributed by atoms with van der Waals surface area (Å²) in [6.45, 7) is 12.1. The summed E-state index contributed by atoms with van der Waals surface area (Å²) >= 11 is 0. The van der Waals surface area contributed by atoms with Crippen molar-refractivity contribution in [3.8, 4) is 22.5 Å². The van der Waals surface area contributed by atoms with Crippen LogP contribution >= 0.6 is 0 Å². The van der Waals surface area contributed by atoms with E-state index in [4.69, 9.17) is 0 Å². The fourth-order valence-corrected chi connectivity index (χ4v) is 4.02. The lowest BCUT2D eigenvalue weighted by Crippen LogP contribution is -2.28. The Kier molecular flexibility index (Phi) is 6.31. The molecule has 4 aromatic rings. The predicted molar refractivity (Wildman–Crippen MR) is 131 cm³/mol. The summed E-state index contributed by atoms with van der Waals surface area (Å²) in [6.07, 6.45) is 3.03. The molecule has 0 atom stereocenters. The number of rotatable bonds is 7.